The Bertz CT molecular complexity index is 1210. The molecule has 0 unspecified atom stereocenters. The smallest absolute Gasteiger partial charge is 0.262 e. The van der Waals surface area contributed by atoms with Crippen LogP contribution in [0.3, 0.4) is 0 Å². The molecule has 0 fully saturated rings. The minimum atomic E-state index is -3.79. The van der Waals surface area contributed by atoms with Gasteiger partial charge in [-0.3, -0.25) is 9.52 Å². The zero-order valence-electron chi connectivity index (χ0n) is 19.0. The molecule has 1 amide bonds. The van der Waals surface area contributed by atoms with Gasteiger partial charge in [-0.15, -0.1) is 0 Å². The van der Waals surface area contributed by atoms with Gasteiger partial charge in [-0.1, -0.05) is 0 Å². The summed E-state index contributed by atoms with van der Waals surface area (Å²) in [5, 5.41) is 2.70. The average molecular weight is 487 g/mol. The van der Waals surface area contributed by atoms with Gasteiger partial charge in [0, 0.05) is 11.8 Å². The van der Waals surface area contributed by atoms with E-state index in [-0.39, 0.29) is 11.5 Å². The van der Waals surface area contributed by atoms with E-state index in [2.05, 4.69) is 10.0 Å². The Morgan fingerprint density at radius 3 is 2.06 bits per heavy atom. The quantitative estimate of drug-likeness (QED) is 0.422. The maximum atomic E-state index is 12.6. The van der Waals surface area contributed by atoms with Crippen molar-refractivity contribution in [3.63, 3.8) is 0 Å². The maximum Gasteiger partial charge on any atom is 0.262 e. The number of methoxy groups -OCH3 is 2. The van der Waals surface area contributed by atoms with Crippen molar-refractivity contribution >= 4 is 27.3 Å². The summed E-state index contributed by atoms with van der Waals surface area (Å²) in [4.78, 5) is 12.3. The van der Waals surface area contributed by atoms with Crippen LogP contribution in [0.15, 0.2) is 71.6 Å². The molecule has 34 heavy (non-hydrogen) atoms. The molecule has 0 bridgehead atoms. The molecule has 0 heterocycles. The fourth-order valence-corrected chi connectivity index (χ4v) is 4.01. The molecule has 10 heteroatoms. The molecule has 3 aromatic rings. The molecule has 0 aliphatic rings. The molecule has 0 aliphatic carbocycles. The number of benzene rings is 3. The van der Waals surface area contributed by atoms with E-state index in [1.165, 1.54) is 38.5 Å². The number of amides is 1. The number of hydrogen-bond acceptors (Lipinski definition) is 7. The molecule has 0 radical (unpaired) electrons. The first-order chi connectivity index (χ1) is 16.3. The van der Waals surface area contributed by atoms with Gasteiger partial charge in [0.25, 0.3) is 15.9 Å². The van der Waals surface area contributed by atoms with Crippen molar-refractivity contribution in [2.45, 2.75) is 11.8 Å². The second kappa shape index (κ2) is 11.3. The molecule has 0 saturated heterocycles. The average Bonchev–Trinajstić information content (AvgIpc) is 2.84. The zero-order valence-corrected chi connectivity index (χ0v) is 19.8. The molecule has 3 aromatic carbocycles. The lowest BCUT2D eigenvalue weighted by atomic mass is 10.2. The number of carbonyl (C=O) groups is 1. The lowest BCUT2D eigenvalue weighted by Crippen LogP contribution is -2.20. The van der Waals surface area contributed by atoms with Gasteiger partial charge in [0.15, 0.2) is 6.61 Å². The predicted octanol–water partition coefficient (Wildman–Crippen LogP) is 3.92. The summed E-state index contributed by atoms with van der Waals surface area (Å²) in [6, 6.07) is 17.4. The third kappa shape index (κ3) is 6.55. The SMILES string of the molecule is CCOc1ccc(NS(=O)(=O)c2ccc(OCC(=O)Nc3ccc(OC)cc3OC)cc2)cc1. The van der Waals surface area contributed by atoms with Gasteiger partial charge in [-0.25, -0.2) is 8.42 Å². The Kier molecular flexibility index (Phi) is 8.20. The van der Waals surface area contributed by atoms with Crippen LogP contribution in [0.2, 0.25) is 0 Å². The largest absolute Gasteiger partial charge is 0.497 e. The van der Waals surface area contributed by atoms with E-state index in [9.17, 15) is 13.2 Å². The molecule has 0 saturated carbocycles. The van der Waals surface area contributed by atoms with E-state index in [1.807, 2.05) is 6.92 Å². The van der Waals surface area contributed by atoms with Crippen molar-refractivity contribution in [3.8, 4) is 23.0 Å². The van der Waals surface area contributed by atoms with Crippen LogP contribution in [0.25, 0.3) is 0 Å². The van der Waals surface area contributed by atoms with Crippen LogP contribution in [0.4, 0.5) is 11.4 Å². The summed E-state index contributed by atoms with van der Waals surface area (Å²) >= 11 is 0. The van der Waals surface area contributed by atoms with Gasteiger partial charge < -0.3 is 24.3 Å². The Morgan fingerprint density at radius 2 is 1.44 bits per heavy atom. The minimum absolute atomic E-state index is 0.0566. The number of rotatable bonds is 11. The second-order valence-electron chi connectivity index (χ2n) is 6.94. The van der Waals surface area contributed by atoms with Gasteiger partial charge in [0.2, 0.25) is 0 Å². The minimum Gasteiger partial charge on any atom is -0.497 e. The van der Waals surface area contributed by atoms with E-state index in [0.717, 1.165) is 0 Å². The first-order valence-electron chi connectivity index (χ1n) is 10.3. The summed E-state index contributed by atoms with van der Waals surface area (Å²) in [5.74, 6) is 1.64. The Balaban J connectivity index is 1.57. The maximum absolute atomic E-state index is 12.6. The number of hydrogen-bond donors (Lipinski definition) is 2. The monoisotopic (exact) mass is 486 g/mol. The molecular formula is C24H26N2O7S. The van der Waals surface area contributed by atoms with E-state index in [1.54, 1.807) is 42.5 Å². The summed E-state index contributed by atoms with van der Waals surface area (Å²) in [7, 11) is -0.768. The van der Waals surface area contributed by atoms with Crippen molar-refractivity contribution in [1.29, 1.82) is 0 Å². The van der Waals surface area contributed by atoms with Gasteiger partial charge in [-0.05, 0) is 67.6 Å². The number of anilines is 2. The summed E-state index contributed by atoms with van der Waals surface area (Å²) in [6.07, 6.45) is 0. The third-order valence-corrected chi connectivity index (χ3v) is 6.00. The highest BCUT2D eigenvalue weighted by Crippen LogP contribution is 2.29. The molecule has 180 valence electrons. The molecule has 0 spiro atoms. The highest BCUT2D eigenvalue weighted by molar-refractivity contribution is 7.92. The fraction of sp³-hybridized carbons (Fsp3) is 0.208. The molecule has 0 aliphatic heterocycles. The normalized spacial score (nSPS) is 10.8. The van der Waals surface area contributed by atoms with E-state index >= 15 is 0 Å². The van der Waals surface area contributed by atoms with Gasteiger partial charge in [-0.2, -0.15) is 0 Å². The molecule has 2 N–H and O–H groups in total. The fourth-order valence-electron chi connectivity index (χ4n) is 2.95. The van der Waals surface area contributed by atoms with Crippen molar-refractivity contribution in [2.24, 2.45) is 0 Å². The van der Waals surface area contributed by atoms with Gasteiger partial charge in [0.1, 0.15) is 23.0 Å². The highest BCUT2D eigenvalue weighted by Gasteiger charge is 2.15. The standard InChI is InChI=1S/C24H26N2O7S/c1-4-32-18-7-5-17(6-8-18)26-34(28,29)21-12-9-19(10-13-21)33-16-24(27)25-22-14-11-20(30-2)15-23(22)31-3/h5-15,26H,4,16H2,1-3H3,(H,25,27). The Labute approximate surface area is 198 Å². The van der Waals surface area contributed by atoms with E-state index in [0.29, 0.717) is 41.0 Å². The molecule has 9 nitrogen and oxygen atoms in total. The zero-order chi connectivity index (χ0) is 24.6. The number of ether oxygens (including phenoxy) is 4. The van der Waals surface area contributed by atoms with E-state index < -0.39 is 15.9 Å². The topological polar surface area (TPSA) is 112 Å². The molecule has 3 rings (SSSR count). The first-order valence-corrected chi connectivity index (χ1v) is 11.8. The number of nitrogens with one attached hydrogen (secondary N) is 2. The van der Waals surface area contributed by atoms with Crippen LogP contribution in [0.1, 0.15) is 6.92 Å². The van der Waals surface area contributed by atoms with Gasteiger partial charge >= 0.3 is 0 Å². The van der Waals surface area contributed by atoms with Crippen molar-refractivity contribution in [1.82, 2.24) is 0 Å². The van der Waals surface area contributed by atoms with Crippen molar-refractivity contribution < 1.29 is 32.2 Å². The first kappa shape index (κ1) is 24.7. The highest BCUT2D eigenvalue weighted by atomic mass is 32.2. The van der Waals surface area contributed by atoms with E-state index in [4.69, 9.17) is 18.9 Å². The summed E-state index contributed by atoms with van der Waals surface area (Å²) < 4.78 is 49.0. The van der Waals surface area contributed by atoms with Crippen LogP contribution in [0, 0.1) is 0 Å². The lowest BCUT2D eigenvalue weighted by molar-refractivity contribution is -0.118. The predicted molar refractivity (Wildman–Crippen MR) is 129 cm³/mol. The van der Waals surface area contributed by atoms with Crippen LogP contribution < -0.4 is 29.0 Å². The Hall–Kier alpha value is -3.92. The van der Waals surface area contributed by atoms with Crippen molar-refractivity contribution in [3.05, 3.63) is 66.7 Å². The second-order valence-corrected chi connectivity index (χ2v) is 8.62. The molecular weight excluding hydrogens is 460 g/mol. The number of carbonyl (C=O) groups excluding carboxylic acids is 1. The summed E-state index contributed by atoms with van der Waals surface area (Å²) in [5.41, 5.74) is 0.883. The molecule has 0 aromatic heterocycles. The van der Waals surface area contributed by atoms with Crippen LogP contribution in [-0.2, 0) is 14.8 Å². The van der Waals surface area contributed by atoms with Gasteiger partial charge in [0.05, 0.1) is 31.4 Å². The van der Waals surface area contributed by atoms with Crippen LogP contribution in [0.5, 0.6) is 23.0 Å². The lowest BCUT2D eigenvalue weighted by Gasteiger charge is -2.12. The Morgan fingerprint density at radius 1 is 0.824 bits per heavy atom. The third-order valence-electron chi connectivity index (χ3n) is 4.60. The molecule has 0 atom stereocenters. The number of sulfonamides is 1. The van der Waals surface area contributed by atoms with Crippen LogP contribution in [-0.4, -0.2) is 41.8 Å². The van der Waals surface area contributed by atoms with Crippen LogP contribution >= 0.6 is 0 Å². The van der Waals surface area contributed by atoms with Crippen molar-refractivity contribution in [2.75, 3.05) is 37.5 Å². The summed E-state index contributed by atoms with van der Waals surface area (Å²) in [6.45, 7) is 2.12.